The highest BCUT2D eigenvalue weighted by molar-refractivity contribution is 6.42. The lowest BCUT2D eigenvalue weighted by molar-refractivity contribution is -0.0499. The number of nitrogens with zero attached hydrogens (tertiary/aromatic N) is 3. The number of anilines is 1. The van der Waals surface area contributed by atoms with Crippen LogP contribution in [0, 0.1) is 6.92 Å². The highest BCUT2D eigenvalue weighted by Crippen LogP contribution is 2.37. The first-order chi connectivity index (χ1) is 18.9. The number of hydrogen-bond acceptors (Lipinski definition) is 10. The lowest BCUT2D eigenvalue weighted by Gasteiger charge is -2.21. The third-order valence-corrected chi connectivity index (χ3v) is 7.05. The molecule has 6 N–H and O–H groups in total. The van der Waals surface area contributed by atoms with Crippen LogP contribution >= 0.6 is 23.2 Å². The molecule has 40 heavy (non-hydrogen) atoms. The molecule has 2 aliphatic heterocycles. The van der Waals surface area contributed by atoms with Gasteiger partial charge >= 0.3 is 5.69 Å². The first-order valence-corrected chi connectivity index (χ1v) is 13.2. The summed E-state index contributed by atoms with van der Waals surface area (Å²) in [6.45, 7) is 4.96. The van der Waals surface area contributed by atoms with Crippen LogP contribution in [0.25, 0.3) is 11.0 Å². The van der Waals surface area contributed by atoms with Crippen molar-refractivity contribution in [2.24, 2.45) is 0 Å². The van der Waals surface area contributed by atoms with Gasteiger partial charge in [-0.1, -0.05) is 29.3 Å². The number of hydrogen-bond donors (Lipinski definition) is 6. The largest absolute Gasteiger partial charge is 0.394 e. The second-order valence-corrected chi connectivity index (χ2v) is 10.5. The van der Waals surface area contributed by atoms with Crippen LogP contribution < -0.4 is 16.6 Å². The zero-order valence-corrected chi connectivity index (χ0v) is 23.4. The van der Waals surface area contributed by atoms with Crippen LogP contribution in [0.15, 0.2) is 40.1 Å². The monoisotopic (exact) mass is 599 g/mol. The molecule has 0 amide bonds. The lowest BCUT2D eigenvalue weighted by Crippen LogP contribution is -2.33. The number of aryl methyl sites for hydroxylation is 1. The van der Waals surface area contributed by atoms with Crippen molar-refractivity contribution in [3.63, 3.8) is 0 Å². The Labute approximate surface area is 238 Å². The van der Waals surface area contributed by atoms with Gasteiger partial charge in [0.2, 0.25) is 5.95 Å². The zero-order chi connectivity index (χ0) is 29.3. The van der Waals surface area contributed by atoms with Crippen LogP contribution in [0.3, 0.4) is 0 Å². The molecular weight excluding hydrogens is 569 g/mol. The number of benzene rings is 1. The van der Waals surface area contributed by atoms with E-state index >= 15 is 0 Å². The molecule has 5 rings (SSSR count). The molecule has 15 heteroatoms. The van der Waals surface area contributed by atoms with Crippen LogP contribution in [0.5, 0.6) is 0 Å². The van der Waals surface area contributed by atoms with Crippen LogP contribution in [-0.2, 0) is 9.47 Å². The number of imidazole rings is 1. The number of aliphatic hydroxyl groups excluding tert-OH is 4. The van der Waals surface area contributed by atoms with Crippen molar-refractivity contribution >= 4 is 40.2 Å². The second-order valence-electron chi connectivity index (χ2n) is 9.70. The number of ether oxygens (including phenoxy) is 2. The summed E-state index contributed by atoms with van der Waals surface area (Å²) in [6, 6.07) is 3.33. The van der Waals surface area contributed by atoms with Crippen molar-refractivity contribution in [1.29, 1.82) is 0 Å². The zero-order valence-electron chi connectivity index (χ0n) is 21.9. The number of rotatable bonds is 6. The van der Waals surface area contributed by atoms with E-state index in [9.17, 15) is 24.9 Å². The van der Waals surface area contributed by atoms with Gasteiger partial charge in [-0.15, -0.1) is 0 Å². The van der Waals surface area contributed by atoms with E-state index in [1.54, 1.807) is 35.8 Å². The van der Waals surface area contributed by atoms with Gasteiger partial charge in [-0.3, -0.25) is 18.9 Å². The maximum Gasteiger partial charge on any atom is 0.330 e. The predicted molar refractivity (Wildman–Crippen MR) is 148 cm³/mol. The van der Waals surface area contributed by atoms with Gasteiger partial charge in [-0.2, -0.15) is 0 Å². The summed E-state index contributed by atoms with van der Waals surface area (Å²) in [6.07, 6.45) is -0.399. The Kier molecular flexibility index (Phi) is 9.37. The SMILES string of the molecule is CC(C)Nc1nc2cc(Cl)c(Cl)cc2n1[C@H]1O[C@@H](CO)[C@H](O)[C@@H]1O.Cc1cn([C@H]2C=C[C@@H](CO)O2)c(=O)[nH]c1=O. The summed E-state index contributed by atoms with van der Waals surface area (Å²) >= 11 is 12.2. The van der Waals surface area contributed by atoms with E-state index in [-0.39, 0.29) is 12.6 Å². The molecule has 0 saturated carbocycles. The third-order valence-electron chi connectivity index (χ3n) is 6.33. The summed E-state index contributed by atoms with van der Waals surface area (Å²) in [5.74, 6) is 0.452. The van der Waals surface area contributed by atoms with Gasteiger partial charge in [0.1, 0.15) is 24.4 Å². The van der Waals surface area contributed by atoms with Gasteiger partial charge in [0, 0.05) is 17.8 Å². The molecule has 0 spiro atoms. The fourth-order valence-corrected chi connectivity index (χ4v) is 4.64. The molecule has 1 aromatic carbocycles. The molecule has 0 aliphatic carbocycles. The van der Waals surface area contributed by atoms with Crippen molar-refractivity contribution in [2.45, 2.75) is 63.7 Å². The Bertz CT molecular complexity index is 1500. The molecule has 1 fully saturated rings. The smallest absolute Gasteiger partial charge is 0.330 e. The summed E-state index contributed by atoms with van der Waals surface area (Å²) < 4.78 is 13.9. The van der Waals surface area contributed by atoms with E-state index in [1.807, 2.05) is 13.8 Å². The molecular formula is C25H31Cl2N5O8. The second kappa shape index (κ2) is 12.4. The molecule has 4 heterocycles. The highest BCUT2D eigenvalue weighted by Gasteiger charge is 2.44. The Hall–Kier alpha value is -2.75. The third kappa shape index (κ3) is 6.11. The average Bonchev–Trinajstić information content (AvgIpc) is 3.58. The molecule has 1 saturated heterocycles. The Morgan fingerprint density at radius 2 is 1.77 bits per heavy atom. The molecule has 0 bridgehead atoms. The van der Waals surface area contributed by atoms with E-state index in [1.165, 1.54) is 10.8 Å². The summed E-state index contributed by atoms with van der Waals surface area (Å²) in [5.41, 5.74) is 0.683. The summed E-state index contributed by atoms with van der Waals surface area (Å²) in [4.78, 5) is 29.3. The minimum Gasteiger partial charge on any atom is -0.394 e. The van der Waals surface area contributed by atoms with Crippen LogP contribution in [-0.4, -0.2) is 83.2 Å². The van der Waals surface area contributed by atoms with Crippen LogP contribution in [0.4, 0.5) is 5.95 Å². The van der Waals surface area contributed by atoms with Gasteiger partial charge in [-0.05, 0) is 39.0 Å². The van der Waals surface area contributed by atoms with Crippen molar-refractivity contribution in [1.82, 2.24) is 19.1 Å². The van der Waals surface area contributed by atoms with Gasteiger partial charge in [0.05, 0.1) is 34.3 Å². The molecule has 0 unspecified atom stereocenters. The maximum atomic E-state index is 11.5. The van der Waals surface area contributed by atoms with Crippen molar-refractivity contribution < 1.29 is 29.9 Å². The average molecular weight is 600 g/mol. The van der Waals surface area contributed by atoms with Crippen molar-refractivity contribution in [3.05, 3.63) is 66.9 Å². The molecule has 2 aliphatic rings. The van der Waals surface area contributed by atoms with Gasteiger partial charge in [0.15, 0.2) is 12.5 Å². The number of aliphatic hydroxyl groups is 4. The van der Waals surface area contributed by atoms with Gasteiger partial charge in [-0.25, -0.2) is 9.78 Å². The topological polar surface area (TPSA) is 184 Å². The fourth-order valence-electron chi connectivity index (χ4n) is 4.33. The number of nitrogens with one attached hydrogen (secondary N) is 2. The first-order valence-electron chi connectivity index (χ1n) is 12.5. The van der Waals surface area contributed by atoms with E-state index in [4.69, 9.17) is 37.8 Å². The Morgan fingerprint density at radius 1 is 1.07 bits per heavy atom. The van der Waals surface area contributed by atoms with E-state index < -0.39 is 54.7 Å². The van der Waals surface area contributed by atoms with Crippen molar-refractivity contribution in [3.8, 4) is 0 Å². The molecule has 3 aromatic rings. The highest BCUT2D eigenvalue weighted by atomic mass is 35.5. The molecule has 0 radical (unpaired) electrons. The summed E-state index contributed by atoms with van der Waals surface area (Å²) in [7, 11) is 0. The molecule has 6 atom stereocenters. The number of H-pyrrole nitrogens is 1. The van der Waals surface area contributed by atoms with E-state index in [0.717, 1.165) is 0 Å². The molecule has 218 valence electrons. The lowest BCUT2D eigenvalue weighted by atomic mass is 10.1. The quantitative estimate of drug-likeness (QED) is 0.224. The summed E-state index contributed by atoms with van der Waals surface area (Å²) in [5, 5.41) is 42.5. The van der Waals surface area contributed by atoms with E-state index in [2.05, 4.69) is 15.3 Å². The van der Waals surface area contributed by atoms with Gasteiger partial charge < -0.3 is 35.2 Å². The van der Waals surface area contributed by atoms with Crippen LogP contribution in [0.1, 0.15) is 31.9 Å². The predicted octanol–water partition coefficient (Wildman–Crippen LogP) is 1.07. The minimum absolute atomic E-state index is 0.0728. The van der Waals surface area contributed by atoms with Crippen LogP contribution in [0.2, 0.25) is 10.0 Å². The Morgan fingerprint density at radius 3 is 2.38 bits per heavy atom. The standard InChI is InChI=1S/C15H19Cl2N3O4.C10H12N2O4/c1-6(2)18-15-19-9-3-7(16)8(17)4-10(9)20(15)14-13(23)12(22)11(5-21)24-14;1-6-4-12(10(15)11-9(6)14)8-3-2-7(5-13)16-8/h3-4,6,11-14,21-23H,5H2,1-2H3,(H,18,19);2-4,7-8,13H,5H2,1H3,(H,11,14,15)/t11-,12-,13-,14-;7-,8+/m00/s1. The Balaban J connectivity index is 0.000000201. The van der Waals surface area contributed by atoms with Gasteiger partial charge in [0.25, 0.3) is 5.56 Å². The minimum atomic E-state index is -1.22. The van der Waals surface area contributed by atoms with Crippen molar-refractivity contribution in [2.75, 3.05) is 18.5 Å². The normalized spacial score (nSPS) is 25.9. The number of fused-ring (bicyclic) bond motifs is 1. The maximum absolute atomic E-state index is 11.5. The van der Waals surface area contributed by atoms with E-state index in [0.29, 0.717) is 32.6 Å². The molecule has 2 aromatic heterocycles. The number of halogens is 2. The fraction of sp³-hybridized carbons (Fsp3) is 0.480. The first kappa shape index (κ1) is 30.2. The molecule has 13 nitrogen and oxygen atoms in total. The number of aromatic amines is 1. The number of aromatic nitrogens is 4.